The molecule has 1 aromatic rings. The first kappa shape index (κ1) is 13.8. The van der Waals surface area contributed by atoms with E-state index in [2.05, 4.69) is 5.32 Å². The van der Waals surface area contributed by atoms with Crippen LogP contribution in [0.15, 0.2) is 18.2 Å². The largest absolute Gasteiger partial charge is 0.487 e. The number of carbonyl (C=O) groups is 1. The maximum atomic E-state index is 11.9. The van der Waals surface area contributed by atoms with Gasteiger partial charge in [-0.2, -0.15) is 0 Å². The minimum absolute atomic E-state index is 0.211. The Morgan fingerprint density at radius 3 is 2.59 bits per heavy atom. The Balaban J connectivity index is 3.13. The highest BCUT2D eigenvalue weighted by Gasteiger charge is 2.20. The van der Waals surface area contributed by atoms with E-state index in [0.717, 1.165) is 0 Å². The van der Waals surface area contributed by atoms with Crippen LogP contribution >= 0.6 is 11.6 Å². The predicted molar refractivity (Wildman–Crippen MR) is 69.8 cm³/mol. The number of halogens is 1. The van der Waals surface area contributed by atoms with Gasteiger partial charge in [-0.3, -0.25) is 4.79 Å². The highest BCUT2D eigenvalue weighted by molar-refractivity contribution is 6.34. The molecule has 0 aromatic heterocycles. The fraction of sp³-hybridized carbons (Fsp3) is 0.462. The van der Waals surface area contributed by atoms with E-state index in [1.807, 2.05) is 27.7 Å². The van der Waals surface area contributed by atoms with Crippen molar-refractivity contribution in [1.29, 1.82) is 0 Å². The fourth-order valence-corrected chi connectivity index (χ4v) is 1.64. The van der Waals surface area contributed by atoms with Crippen molar-refractivity contribution in [2.75, 3.05) is 6.54 Å². The molecule has 1 aromatic carbocycles. The van der Waals surface area contributed by atoms with Gasteiger partial charge in [0, 0.05) is 6.54 Å². The van der Waals surface area contributed by atoms with E-state index in [1.165, 1.54) is 0 Å². The Hall–Kier alpha value is -1.22. The Morgan fingerprint density at radius 2 is 2.06 bits per heavy atom. The molecule has 1 rings (SSSR count). The molecule has 0 radical (unpaired) electrons. The van der Waals surface area contributed by atoms with Crippen LogP contribution in [0.5, 0.6) is 5.75 Å². The van der Waals surface area contributed by atoms with Crippen molar-refractivity contribution in [1.82, 2.24) is 5.32 Å². The number of benzene rings is 1. The van der Waals surface area contributed by atoms with E-state index in [1.54, 1.807) is 18.2 Å². The average molecular weight is 256 g/mol. The van der Waals surface area contributed by atoms with Crippen LogP contribution in [0.25, 0.3) is 0 Å². The van der Waals surface area contributed by atoms with E-state index in [0.29, 0.717) is 22.9 Å². The summed E-state index contributed by atoms with van der Waals surface area (Å²) < 4.78 is 5.74. The lowest BCUT2D eigenvalue weighted by molar-refractivity contribution is 0.0935. The summed E-state index contributed by atoms with van der Waals surface area (Å²) in [4.78, 5) is 11.9. The lowest BCUT2D eigenvalue weighted by Crippen LogP contribution is -2.27. The number of hydrogen-bond donors (Lipinski definition) is 1. The van der Waals surface area contributed by atoms with Crippen LogP contribution in [-0.4, -0.2) is 18.1 Å². The lowest BCUT2D eigenvalue weighted by atomic mass is 10.1. The second-order valence-corrected chi connectivity index (χ2v) is 5.09. The molecule has 17 heavy (non-hydrogen) atoms. The standard InChI is InChI=1S/C13H18ClNO2/c1-5-15-12(16)11-9(14)7-6-8-10(11)17-13(2,3)4/h6-8H,5H2,1-4H3,(H,15,16). The van der Waals surface area contributed by atoms with Crippen LogP contribution in [-0.2, 0) is 0 Å². The molecule has 0 spiro atoms. The third-order valence-corrected chi connectivity index (χ3v) is 2.27. The number of hydrogen-bond acceptors (Lipinski definition) is 2. The minimum atomic E-state index is -0.369. The number of nitrogens with one attached hydrogen (secondary N) is 1. The second kappa shape index (κ2) is 5.41. The van der Waals surface area contributed by atoms with Gasteiger partial charge in [0.05, 0.1) is 10.6 Å². The SMILES string of the molecule is CCNC(=O)c1c(Cl)cccc1OC(C)(C)C. The van der Waals surface area contributed by atoms with Crippen molar-refractivity contribution in [3.8, 4) is 5.75 Å². The summed E-state index contributed by atoms with van der Waals surface area (Å²) >= 11 is 6.05. The summed E-state index contributed by atoms with van der Waals surface area (Å²) in [6, 6.07) is 5.20. The zero-order valence-electron chi connectivity index (χ0n) is 10.6. The molecule has 1 amide bonds. The van der Waals surface area contributed by atoms with E-state index >= 15 is 0 Å². The number of carbonyl (C=O) groups excluding carboxylic acids is 1. The molecule has 0 fully saturated rings. The van der Waals surface area contributed by atoms with E-state index in [4.69, 9.17) is 16.3 Å². The third-order valence-electron chi connectivity index (χ3n) is 1.96. The van der Waals surface area contributed by atoms with Crippen LogP contribution in [0.3, 0.4) is 0 Å². The van der Waals surface area contributed by atoms with Gasteiger partial charge in [-0.25, -0.2) is 0 Å². The molecule has 4 heteroatoms. The molecule has 1 N–H and O–H groups in total. The van der Waals surface area contributed by atoms with Crippen LogP contribution in [0.2, 0.25) is 5.02 Å². The predicted octanol–water partition coefficient (Wildman–Crippen LogP) is 3.27. The molecule has 0 aliphatic rings. The molecule has 0 saturated heterocycles. The van der Waals surface area contributed by atoms with Crippen LogP contribution in [0, 0.1) is 0 Å². The zero-order valence-corrected chi connectivity index (χ0v) is 11.4. The quantitative estimate of drug-likeness (QED) is 0.900. The summed E-state index contributed by atoms with van der Waals surface area (Å²) in [5, 5.41) is 3.13. The number of ether oxygens (including phenoxy) is 1. The van der Waals surface area contributed by atoms with Crippen molar-refractivity contribution in [3.05, 3.63) is 28.8 Å². The molecule has 0 aliphatic heterocycles. The van der Waals surface area contributed by atoms with Crippen LogP contribution in [0.1, 0.15) is 38.1 Å². The first-order valence-corrected chi connectivity index (χ1v) is 5.98. The summed E-state index contributed by atoms with van der Waals surface area (Å²) in [6.45, 7) is 8.19. The highest BCUT2D eigenvalue weighted by Crippen LogP contribution is 2.29. The second-order valence-electron chi connectivity index (χ2n) is 4.69. The third kappa shape index (κ3) is 3.93. The van der Waals surface area contributed by atoms with Gasteiger partial charge < -0.3 is 10.1 Å². The molecular formula is C13H18ClNO2. The monoisotopic (exact) mass is 255 g/mol. The molecule has 3 nitrogen and oxygen atoms in total. The minimum Gasteiger partial charge on any atom is -0.487 e. The van der Waals surface area contributed by atoms with Gasteiger partial charge in [0.25, 0.3) is 5.91 Å². The molecule has 0 atom stereocenters. The Bertz CT molecular complexity index is 410. The van der Waals surface area contributed by atoms with Gasteiger partial charge in [0.15, 0.2) is 0 Å². The van der Waals surface area contributed by atoms with E-state index in [9.17, 15) is 4.79 Å². The summed E-state index contributed by atoms with van der Waals surface area (Å²) in [6.07, 6.45) is 0. The molecule has 0 aliphatic carbocycles. The van der Waals surface area contributed by atoms with Crippen LogP contribution < -0.4 is 10.1 Å². The van der Waals surface area contributed by atoms with E-state index < -0.39 is 0 Å². The van der Waals surface area contributed by atoms with Gasteiger partial charge in [0.2, 0.25) is 0 Å². The summed E-state index contributed by atoms with van der Waals surface area (Å²) in [5.41, 5.74) is 0.0253. The molecule has 0 bridgehead atoms. The first-order valence-electron chi connectivity index (χ1n) is 5.61. The molecule has 0 saturated carbocycles. The Labute approximate surface area is 107 Å². The van der Waals surface area contributed by atoms with Gasteiger partial charge in [-0.15, -0.1) is 0 Å². The van der Waals surface area contributed by atoms with Gasteiger partial charge in [-0.05, 0) is 39.8 Å². The lowest BCUT2D eigenvalue weighted by Gasteiger charge is -2.23. The maximum Gasteiger partial charge on any atom is 0.256 e. The number of amides is 1. The fourth-order valence-electron chi connectivity index (χ4n) is 1.39. The van der Waals surface area contributed by atoms with Crippen molar-refractivity contribution >= 4 is 17.5 Å². The van der Waals surface area contributed by atoms with Crippen molar-refractivity contribution < 1.29 is 9.53 Å². The first-order chi connectivity index (χ1) is 7.85. The van der Waals surface area contributed by atoms with Crippen molar-refractivity contribution in [3.63, 3.8) is 0 Å². The van der Waals surface area contributed by atoms with E-state index in [-0.39, 0.29) is 11.5 Å². The van der Waals surface area contributed by atoms with Crippen molar-refractivity contribution in [2.24, 2.45) is 0 Å². The van der Waals surface area contributed by atoms with Gasteiger partial charge in [0.1, 0.15) is 11.4 Å². The summed E-state index contributed by atoms with van der Waals surface area (Å²) in [5.74, 6) is 0.299. The molecular weight excluding hydrogens is 238 g/mol. The molecule has 0 heterocycles. The molecule has 94 valence electrons. The Morgan fingerprint density at radius 1 is 1.41 bits per heavy atom. The maximum absolute atomic E-state index is 11.9. The van der Waals surface area contributed by atoms with Crippen molar-refractivity contribution in [2.45, 2.75) is 33.3 Å². The highest BCUT2D eigenvalue weighted by atomic mass is 35.5. The van der Waals surface area contributed by atoms with Gasteiger partial charge >= 0.3 is 0 Å². The topological polar surface area (TPSA) is 38.3 Å². The Kier molecular flexibility index (Phi) is 4.40. The zero-order chi connectivity index (χ0) is 13.1. The van der Waals surface area contributed by atoms with Gasteiger partial charge in [-0.1, -0.05) is 17.7 Å². The molecule has 0 unspecified atom stereocenters. The summed E-state index contributed by atoms with van der Waals surface area (Å²) in [7, 11) is 0. The number of rotatable bonds is 3. The smallest absolute Gasteiger partial charge is 0.256 e. The van der Waals surface area contributed by atoms with Crippen LogP contribution in [0.4, 0.5) is 0 Å². The normalized spacial score (nSPS) is 11.1. The average Bonchev–Trinajstić information content (AvgIpc) is 2.15.